The summed E-state index contributed by atoms with van der Waals surface area (Å²) in [4.78, 5) is 0. The van der Waals surface area contributed by atoms with Crippen LogP contribution in [0.4, 0.5) is 0 Å². The Morgan fingerprint density at radius 3 is 1.20 bits per heavy atom. The Morgan fingerprint density at radius 2 is 0.800 bits per heavy atom. The van der Waals surface area contributed by atoms with E-state index in [2.05, 4.69) is 91.0 Å². The molecule has 126 valence electrons. The van der Waals surface area contributed by atoms with Gasteiger partial charge in [0.2, 0.25) is 0 Å². The molecular weight excluding hydrogens is 489 g/mol. The maximum absolute atomic E-state index is 2.47. The van der Waals surface area contributed by atoms with Crippen molar-refractivity contribution in [3.63, 3.8) is 0 Å². The molecule has 0 bridgehead atoms. The van der Waals surface area contributed by atoms with Gasteiger partial charge < -0.3 is 0 Å². The zero-order valence-electron chi connectivity index (χ0n) is 14.3. The molecule has 0 saturated carbocycles. The summed E-state index contributed by atoms with van der Waals surface area (Å²) in [5.41, 5.74) is 0. The summed E-state index contributed by atoms with van der Waals surface area (Å²) >= 11 is -1.95. The van der Waals surface area contributed by atoms with Gasteiger partial charge in [-0.2, -0.15) is 0 Å². The molecule has 1 saturated heterocycles. The predicted molar refractivity (Wildman–Crippen MR) is 114 cm³/mol. The number of benzene rings is 3. The van der Waals surface area contributed by atoms with Crippen molar-refractivity contribution in [1.29, 1.82) is 0 Å². The van der Waals surface area contributed by atoms with E-state index in [-0.39, 0.29) is 0 Å². The standard InChI is InChI=1S/C22H23As3/c1-4-12-20(13-5-1)23-18-10-11-19-24(21-14-6-2-7-15-21)25(23)22-16-8-3-9-17-22/h1-9,12-17H,10-11,18-19H2. The minimum atomic E-state index is -1.01. The van der Waals surface area contributed by atoms with E-state index in [9.17, 15) is 0 Å². The van der Waals surface area contributed by atoms with Crippen LogP contribution in [0.3, 0.4) is 0 Å². The zero-order valence-corrected chi connectivity index (χ0v) is 20.0. The van der Waals surface area contributed by atoms with Gasteiger partial charge in [-0.3, -0.25) is 0 Å². The normalized spacial score (nSPS) is 23.8. The molecule has 2 atom stereocenters. The third kappa shape index (κ3) is 4.19. The topological polar surface area (TPSA) is 0 Å². The Morgan fingerprint density at radius 1 is 0.440 bits per heavy atom. The first-order valence-corrected chi connectivity index (χ1v) is 24.8. The third-order valence-corrected chi connectivity index (χ3v) is 63.8. The molecule has 3 aromatic carbocycles. The van der Waals surface area contributed by atoms with E-state index >= 15 is 0 Å². The molecule has 2 unspecified atom stereocenters. The minimum absolute atomic E-state index is 0.973. The molecule has 4 rings (SSSR count). The van der Waals surface area contributed by atoms with Crippen LogP contribution in [-0.4, -0.2) is 35.7 Å². The molecule has 0 radical (unpaired) electrons. The summed E-state index contributed by atoms with van der Waals surface area (Å²) in [6.07, 6.45) is 2.93. The van der Waals surface area contributed by atoms with Gasteiger partial charge in [0.1, 0.15) is 0 Å². The Hall–Kier alpha value is -0.665. The van der Waals surface area contributed by atoms with Crippen molar-refractivity contribution < 1.29 is 0 Å². The Kier molecular flexibility index (Phi) is 6.25. The van der Waals surface area contributed by atoms with Crippen LogP contribution in [0, 0.1) is 0 Å². The van der Waals surface area contributed by atoms with Crippen LogP contribution < -0.4 is 13.1 Å². The van der Waals surface area contributed by atoms with Gasteiger partial charge in [-0.15, -0.1) is 0 Å². The molecule has 1 fully saturated rings. The molecule has 3 heteroatoms. The maximum atomic E-state index is 2.47. The number of rotatable bonds is 3. The Balaban J connectivity index is 1.82. The fourth-order valence-electron chi connectivity index (χ4n) is 3.36. The summed E-state index contributed by atoms with van der Waals surface area (Å²) in [6.45, 7) is 0. The zero-order chi connectivity index (χ0) is 16.9. The molecule has 1 aliphatic rings. The molecule has 0 aromatic heterocycles. The Labute approximate surface area is 162 Å². The van der Waals surface area contributed by atoms with E-state index in [1.807, 2.05) is 0 Å². The van der Waals surface area contributed by atoms with E-state index in [4.69, 9.17) is 0 Å². The van der Waals surface area contributed by atoms with Gasteiger partial charge in [-0.25, -0.2) is 0 Å². The average molecular weight is 512 g/mol. The van der Waals surface area contributed by atoms with Crippen LogP contribution in [0.1, 0.15) is 12.8 Å². The molecule has 1 aliphatic heterocycles. The van der Waals surface area contributed by atoms with Gasteiger partial charge >= 0.3 is 163 Å². The summed E-state index contributed by atoms with van der Waals surface area (Å²) in [6, 6.07) is 35.0. The number of hydrogen-bond donors (Lipinski definition) is 0. The van der Waals surface area contributed by atoms with Gasteiger partial charge in [0.05, 0.1) is 0 Å². The van der Waals surface area contributed by atoms with E-state index in [1.165, 1.54) is 23.3 Å². The van der Waals surface area contributed by atoms with Crippen molar-refractivity contribution >= 4 is 48.7 Å². The van der Waals surface area contributed by atoms with Crippen molar-refractivity contribution in [2.45, 2.75) is 23.3 Å². The Bertz CT molecular complexity index is 725. The molecule has 1 heterocycles. The summed E-state index contributed by atoms with van der Waals surface area (Å²) in [7, 11) is -1.01. The third-order valence-electron chi connectivity index (χ3n) is 4.54. The summed E-state index contributed by atoms with van der Waals surface area (Å²) in [5, 5.41) is 3.06. The van der Waals surface area contributed by atoms with Crippen LogP contribution in [-0.2, 0) is 0 Å². The van der Waals surface area contributed by atoms with Crippen LogP contribution in [0.15, 0.2) is 91.0 Å². The second-order valence-corrected chi connectivity index (χ2v) is 42.9. The van der Waals surface area contributed by atoms with E-state index in [1.54, 1.807) is 13.1 Å². The molecule has 0 spiro atoms. The van der Waals surface area contributed by atoms with Crippen molar-refractivity contribution in [2.75, 3.05) is 0 Å². The molecule has 0 amide bonds. The second kappa shape index (κ2) is 8.82. The van der Waals surface area contributed by atoms with Gasteiger partial charge in [0.25, 0.3) is 0 Å². The quantitative estimate of drug-likeness (QED) is 0.474. The molecular formula is C22H23As3. The molecule has 0 nitrogen and oxygen atoms in total. The van der Waals surface area contributed by atoms with Gasteiger partial charge in [-0.1, -0.05) is 0 Å². The fraction of sp³-hybridized carbons (Fsp3) is 0.182. The molecule has 3 aromatic rings. The van der Waals surface area contributed by atoms with Crippen molar-refractivity contribution in [1.82, 2.24) is 0 Å². The summed E-state index contributed by atoms with van der Waals surface area (Å²) in [5.74, 6) is 0. The van der Waals surface area contributed by atoms with Gasteiger partial charge in [-0.05, 0) is 0 Å². The van der Waals surface area contributed by atoms with Crippen LogP contribution in [0.2, 0.25) is 10.4 Å². The van der Waals surface area contributed by atoms with Crippen molar-refractivity contribution in [2.24, 2.45) is 0 Å². The first-order chi connectivity index (χ1) is 12.4. The average Bonchev–Trinajstić information content (AvgIpc) is 2.93. The molecule has 25 heavy (non-hydrogen) atoms. The van der Waals surface area contributed by atoms with Gasteiger partial charge in [0.15, 0.2) is 0 Å². The van der Waals surface area contributed by atoms with E-state index in [0.29, 0.717) is 0 Å². The number of hydrogen-bond acceptors (Lipinski definition) is 0. The monoisotopic (exact) mass is 512 g/mol. The van der Waals surface area contributed by atoms with E-state index in [0.717, 1.165) is 0 Å². The first-order valence-electron chi connectivity index (χ1n) is 8.94. The molecule has 0 aliphatic carbocycles. The van der Waals surface area contributed by atoms with Crippen LogP contribution in [0.25, 0.3) is 0 Å². The van der Waals surface area contributed by atoms with E-state index < -0.39 is 35.7 Å². The SMILES string of the molecule is c1ccc([As]2CCCC[As](c3ccccc3)[As]2c2ccccc2)cc1. The fourth-order valence-corrected chi connectivity index (χ4v) is 76.5. The predicted octanol–water partition coefficient (Wildman–Crippen LogP) is 3.14. The van der Waals surface area contributed by atoms with Crippen LogP contribution in [0.5, 0.6) is 0 Å². The van der Waals surface area contributed by atoms with Crippen molar-refractivity contribution in [3.8, 4) is 0 Å². The second-order valence-electron chi connectivity index (χ2n) is 6.25. The summed E-state index contributed by atoms with van der Waals surface area (Å²) < 4.78 is 5.26. The van der Waals surface area contributed by atoms with Crippen molar-refractivity contribution in [3.05, 3.63) is 91.0 Å². The van der Waals surface area contributed by atoms with Gasteiger partial charge in [0, 0.05) is 0 Å². The first kappa shape index (κ1) is 17.7. The van der Waals surface area contributed by atoms with Crippen LogP contribution >= 0.6 is 0 Å². The molecule has 0 N–H and O–H groups in total.